The first-order valence-electron chi connectivity index (χ1n) is 5.64. The lowest BCUT2D eigenvalue weighted by Crippen LogP contribution is -1.88. The number of pyridine rings is 1. The monoisotopic (exact) mass is 225 g/mol. The van der Waals surface area contributed by atoms with Gasteiger partial charge in [-0.15, -0.1) is 0 Å². The highest BCUT2D eigenvalue weighted by Crippen LogP contribution is 2.10. The number of aromatic nitrogens is 1. The Morgan fingerprint density at radius 1 is 1.06 bits per heavy atom. The van der Waals surface area contributed by atoms with Gasteiger partial charge in [-0.25, -0.2) is 0 Å². The SMILES string of the molecule is OCC=Cc1ccc(Cc2cccnc2)cc1. The van der Waals surface area contributed by atoms with Crippen LogP contribution < -0.4 is 0 Å². The van der Waals surface area contributed by atoms with Crippen LogP contribution in [0.5, 0.6) is 0 Å². The molecule has 1 N–H and O–H groups in total. The molecule has 2 rings (SSSR count). The molecule has 1 aromatic carbocycles. The number of aliphatic hydroxyl groups excluding tert-OH is 1. The smallest absolute Gasteiger partial charge is 0.0615 e. The molecule has 86 valence electrons. The summed E-state index contributed by atoms with van der Waals surface area (Å²) in [5, 5.41) is 8.68. The molecule has 2 aromatic rings. The van der Waals surface area contributed by atoms with Gasteiger partial charge in [-0.2, -0.15) is 0 Å². The summed E-state index contributed by atoms with van der Waals surface area (Å²) >= 11 is 0. The zero-order valence-corrected chi connectivity index (χ0v) is 9.58. The van der Waals surface area contributed by atoms with Gasteiger partial charge in [0.15, 0.2) is 0 Å². The molecule has 0 atom stereocenters. The molecule has 0 fully saturated rings. The summed E-state index contributed by atoms with van der Waals surface area (Å²) in [5.41, 5.74) is 3.58. The van der Waals surface area contributed by atoms with E-state index in [4.69, 9.17) is 5.11 Å². The summed E-state index contributed by atoms with van der Waals surface area (Å²) < 4.78 is 0. The Balaban J connectivity index is 2.06. The summed E-state index contributed by atoms with van der Waals surface area (Å²) in [6.45, 7) is 0.0808. The lowest BCUT2D eigenvalue weighted by Gasteiger charge is -2.01. The first-order chi connectivity index (χ1) is 8.38. The van der Waals surface area contributed by atoms with Crippen molar-refractivity contribution in [1.82, 2.24) is 4.98 Å². The van der Waals surface area contributed by atoms with Crippen molar-refractivity contribution in [1.29, 1.82) is 0 Å². The van der Waals surface area contributed by atoms with Gasteiger partial charge >= 0.3 is 0 Å². The van der Waals surface area contributed by atoms with E-state index in [0.29, 0.717) is 0 Å². The van der Waals surface area contributed by atoms with E-state index in [1.165, 1.54) is 11.1 Å². The number of benzene rings is 1. The van der Waals surface area contributed by atoms with Crippen LogP contribution in [0.15, 0.2) is 54.9 Å². The molecule has 2 heteroatoms. The van der Waals surface area contributed by atoms with Crippen molar-refractivity contribution < 1.29 is 5.11 Å². The summed E-state index contributed by atoms with van der Waals surface area (Å²) in [7, 11) is 0. The standard InChI is InChI=1S/C15H15NO/c17-10-2-4-13-5-7-14(8-6-13)11-15-3-1-9-16-12-15/h1-9,12,17H,10-11H2. The minimum absolute atomic E-state index is 0.0808. The molecule has 17 heavy (non-hydrogen) atoms. The number of hydrogen-bond acceptors (Lipinski definition) is 2. The Morgan fingerprint density at radius 3 is 2.53 bits per heavy atom. The van der Waals surface area contributed by atoms with Crippen molar-refractivity contribution in [2.45, 2.75) is 6.42 Å². The molecule has 0 saturated carbocycles. The van der Waals surface area contributed by atoms with Crippen molar-refractivity contribution in [3.05, 3.63) is 71.6 Å². The summed E-state index contributed by atoms with van der Waals surface area (Å²) in [6, 6.07) is 12.3. The van der Waals surface area contributed by atoms with Crippen molar-refractivity contribution in [2.75, 3.05) is 6.61 Å². The van der Waals surface area contributed by atoms with Crippen LogP contribution in [-0.4, -0.2) is 16.7 Å². The van der Waals surface area contributed by atoms with Crippen LogP contribution in [0.3, 0.4) is 0 Å². The molecule has 0 amide bonds. The Labute approximate surface area is 101 Å². The molecule has 0 radical (unpaired) electrons. The molecule has 0 unspecified atom stereocenters. The Hall–Kier alpha value is -1.93. The lowest BCUT2D eigenvalue weighted by atomic mass is 10.0. The minimum Gasteiger partial charge on any atom is -0.392 e. The zero-order chi connectivity index (χ0) is 11.9. The van der Waals surface area contributed by atoms with Crippen LogP contribution in [0, 0.1) is 0 Å². The van der Waals surface area contributed by atoms with Gasteiger partial charge in [0.1, 0.15) is 0 Å². The zero-order valence-electron chi connectivity index (χ0n) is 9.58. The van der Waals surface area contributed by atoms with E-state index < -0.39 is 0 Å². The average molecular weight is 225 g/mol. The van der Waals surface area contributed by atoms with Crippen LogP contribution in [0.1, 0.15) is 16.7 Å². The first kappa shape index (κ1) is 11.6. The number of aliphatic hydroxyl groups is 1. The van der Waals surface area contributed by atoms with Crippen LogP contribution in [-0.2, 0) is 6.42 Å². The van der Waals surface area contributed by atoms with E-state index in [0.717, 1.165) is 12.0 Å². The van der Waals surface area contributed by atoms with Crippen molar-refractivity contribution >= 4 is 6.08 Å². The normalized spacial score (nSPS) is 10.9. The van der Waals surface area contributed by atoms with E-state index in [1.54, 1.807) is 12.3 Å². The second-order valence-electron chi connectivity index (χ2n) is 3.86. The molecule has 0 aliphatic carbocycles. The second kappa shape index (κ2) is 5.97. The Kier molecular flexibility index (Phi) is 4.05. The number of rotatable bonds is 4. The van der Waals surface area contributed by atoms with E-state index in [9.17, 15) is 0 Å². The fourth-order valence-electron chi connectivity index (χ4n) is 1.67. The first-order valence-corrected chi connectivity index (χ1v) is 5.64. The molecule has 1 aromatic heterocycles. The third-order valence-electron chi connectivity index (χ3n) is 2.53. The minimum atomic E-state index is 0.0808. The quantitative estimate of drug-likeness (QED) is 0.867. The maximum absolute atomic E-state index is 8.68. The molecule has 0 aliphatic heterocycles. The van der Waals surface area contributed by atoms with Crippen molar-refractivity contribution in [2.24, 2.45) is 0 Å². The van der Waals surface area contributed by atoms with Gasteiger partial charge in [0.25, 0.3) is 0 Å². The average Bonchev–Trinajstić information content (AvgIpc) is 2.39. The number of hydrogen-bond donors (Lipinski definition) is 1. The molecule has 0 saturated heterocycles. The van der Waals surface area contributed by atoms with Gasteiger partial charge in [-0.3, -0.25) is 4.98 Å². The molecule has 0 bridgehead atoms. The van der Waals surface area contributed by atoms with Crippen molar-refractivity contribution in [3.8, 4) is 0 Å². The van der Waals surface area contributed by atoms with Crippen LogP contribution in [0.4, 0.5) is 0 Å². The highest BCUT2D eigenvalue weighted by molar-refractivity contribution is 5.49. The Bertz CT molecular complexity index is 474. The van der Waals surface area contributed by atoms with Gasteiger partial charge in [0.2, 0.25) is 0 Å². The maximum Gasteiger partial charge on any atom is 0.0615 e. The molecule has 0 spiro atoms. The van der Waals surface area contributed by atoms with E-state index in [1.807, 2.05) is 18.3 Å². The van der Waals surface area contributed by atoms with Gasteiger partial charge in [0.05, 0.1) is 6.61 Å². The summed E-state index contributed by atoms with van der Waals surface area (Å²) in [5.74, 6) is 0. The third-order valence-corrected chi connectivity index (χ3v) is 2.53. The van der Waals surface area contributed by atoms with E-state index in [-0.39, 0.29) is 6.61 Å². The molecular weight excluding hydrogens is 210 g/mol. The highest BCUT2D eigenvalue weighted by atomic mass is 16.2. The lowest BCUT2D eigenvalue weighted by molar-refractivity contribution is 0.343. The fraction of sp³-hybridized carbons (Fsp3) is 0.133. The highest BCUT2D eigenvalue weighted by Gasteiger charge is 1.95. The Morgan fingerprint density at radius 2 is 1.88 bits per heavy atom. The summed E-state index contributed by atoms with van der Waals surface area (Å²) in [4.78, 5) is 4.10. The van der Waals surface area contributed by atoms with Crippen molar-refractivity contribution in [3.63, 3.8) is 0 Å². The number of nitrogens with zero attached hydrogens (tertiary/aromatic N) is 1. The van der Waals surface area contributed by atoms with Gasteiger partial charge in [-0.1, -0.05) is 42.5 Å². The maximum atomic E-state index is 8.68. The third kappa shape index (κ3) is 3.54. The molecule has 0 aliphatic rings. The van der Waals surface area contributed by atoms with Gasteiger partial charge in [0, 0.05) is 12.4 Å². The molecular formula is C15H15NO. The topological polar surface area (TPSA) is 33.1 Å². The second-order valence-corrected chi connectivity index (χ2v) is 3.86. The van der Waals surface area contributed by atoms with Crippen LogP contribution in [0.2, 0.25) is 0 Å². The van der Waals surface area contributed by atoms with Gasteiger partial charge in [-0.05, 0) is 29.2 Å². The predicted octanol–water partition coefficient (Wildman–Crippen LogP) is 2.68. The summed E-state index contributed by atoms with van der Waals surface area (Å²) in [6.07, 6.45) is 8.22. The largest absolute Gasteiger partial charge is 0.392 e. The van der Waals surface area contributed by atoms with Crippen LogP contribution >= 0.6 is 0 Å². The molecule has 2 nitrogen and oxygen atoms in total. The van der Waals surface area contributed by atoms with E-state index in [2.05, 4.69) is 35.3 Å². The van der Waals surface area contributed by atoms with Crippen LogP contribution in [0.25, 0.3) is 6.08 Å². The van der Waals surface area contributed by atoms with Gasteiger partial charge < -0.3 is 5.11 Å². The predicted molar refractivity (Wildman–Crippen MR) is 69.6 cm³/mol. The molecule has 1 heterocycles. The van der Waals surface area contributed by atoms with E-state index >= 15 is 0 Å². The fourth-order valence-corrected chi connectivity index (χ4v) is 1.67.